The molecule has 1 aliphatic rings. The van der Waals surface area contributed by atoms with E-state index in [1.807, 2.05) is 53.6 Å². The van der Waals surface area contributed by atoms with Crippen LogP contribution in [0.5, 0.6) is 5.75 Å². The zero-order valence-electron chi connectivity index (χ0n) is 15.5. The molecule has 2 amide bonds. The van der Waals surface area contributed by atoms with Crippen molar-refractivity contribution >= 4 is 23.2 Å². The Morgan fingerprint density at radius 1 is 1.15 bits per heavy atom. The average Bonchev–Trinajstić information content (AvgIpc) is 3.21. The predicted octanol–water partition coefficient (Wildman–Crippen LogP) is 2.01. The molecule has 6 nitrogen and oxygen atoms in total. The van der Waals surface area contributed by atoms with Crippen molar-refractivity contribution in [2.45, 2.75) is 6.92 Å². The maximum Gasteiger partial charge on any atom is 0.264 e. The van der Waals surface area contributed by atoms with E-state index in [1.54, 1.807) is 0 Å². The molecule has 3 rings (SSSR count). The third-order valence-corrected chi connectivity index (χ3v) is 5.36. The van der Waals surface area contributed by atoms with Crippen LogP contribution in [-0.2, 0) is 4.79 Å². The summed E-state index contributed by atoms with van der Waals surface area (Å²) in [4.78, 5) is 29.2. The van der Waals surface area contributed by atoms with Crippen molar-refractivity contribution < 1.29 is 14.3 Å². The number of nitrogens with one attached hydrogen (secondary N) is 1. The first-order valence-electron chi connectivity index (χ1n) is 9.13. The van der Waals surface area contributed by atoms with Gasteiger partial charge in [0.1, 0.15) is 5.75 Å². The number of carbonyl (C=O) groups is 2. The maximum atomic E-state index is 12.3. The van der Waals surface area contributed by atoms with Crippen molar-refractivity contribution in [3.63, 3.8) is 0 Å². The minimum absolute atomic E-state index is 0.0204. The first-order valence-corrected chi connectivity index (χ1v) is 10.0. The van der Waals surface area contributed by atoms with Gasteiger partial charge in [0, 0.05) is 39.3 Å². The highest BCUT2D eigenvalue weighted by molar-refractivity contribution is 7.12. The molecule has 1 N–H and O–H groups in total. The Morgan fingerprint density at radius 3 is 2.67 bits per heavy atom. The Morgan fingerprint density at radius 2 is 1.96 bits per heavy atom. The fraction of sp³-hybridized carbons (Fsp3) is 0.400. The lowest BCUT2D eigenvalue weighted by atomic mass is 10.2. The highest BCUT2D eigenvalue weighted by Crippen LogP contribution is 2.14. The monoisotopic (exact) mass is 387 g/mol. The van der Waals surface area contributed by atoms with E-state index in [4.69, 9.17) is 4.74 Å². The van der Waals surface area contributed by atoms with Gasteiger partial charge in [-0.25, -0.2) is 0 Å². The van der Waals surface area contributed by atoms with Crippen LogP contribution < -0.4 is 10.1 Å². The lowest BCUT2D eigenvalue weighted by molar-refractivity contribution is -0.123. The van der Waals surface area contributed by atoms with Crippen LogP contribution in [0.1, 0.15) is 15.2 Å². The number of benzene rings is 1. The lowest BCUT2D eigenvalue weighted by Gasteiger charge is -2.34. The van der Waals surface area contributed by atoms with Crippen LogP contribution in [-0.4, -0.2) is 67.5 Å². The van der Waals surface area contributed by atoms with Gasteiger partial charge in [0.05, 0.1) is 4.88 Å². The summed E-state index contributed by atoms with van der Waals surface area (Å²) in [7, 11) is 0. The molecule has 1 aromatic heterocycles. The molecule has 1 fully saturated rings. The number of carbonyl (C=O) groups excluding carboxylic acids is 2. The molecule has 0 spiro atoms. The number of hydrogen-bond acceptors (Lipinski definition) is 5. The summed E-state index contributed by atoms with van der Waals surface area (Å²) in [5.41, 5.74) is 1.10. The molecular formula is C20H25N3O3S. The highest BCUT2D eigenvalue weighted by atomic mass is 32.1. The normalized spacial score (nSPS) is 14.8. The van der Waals surface area contributed by atoms with E-state index in [1.165, 1.54) is 11.3 Å². The number of rotatable bonds is 7. The second-order valence-electron chi connectivity index (χ2n) is 6.57. The van der Waals surface area contributed by atoms with Crippen LogP contribution in [0.4, 0.5) is 0 Å². The van der Waals surface area contributed by atoms with E-state index in [-0.39, 0.29) is 18.4 Å². The number of thiophene rings is 1. The zero-order chi connectivity index (χ0) is 19.1. The maximum absolute atomic E-state index is 12.3. The van der Waals surface area contributed by atoms with Gasteiger partial charge in [-0.1, -0.05) is 18.2 Å². The number of ether oxygens (including phenoxy) is 1. The van der Waals surface area contributed by atoms with Gasteiger partial charge in [-0.2, -0.15) is 0 Å². The Kier molecular flexibility index (Phi) is 6.84. The van der Waals surface area contributed by atoms with Crippen LogP contribution >= 0.6 is 11.3 Å². The summed E-state index contributed by atoms with van der Waals surface area (Å²) < 4.78 is 5.50. The summed E-state index contributed by atoms with van der Waals surface area (Å²) in [6, 6.07) is 11.4. The summed E-state index contributed by atoms with van der Waals surface area (Å²) >= 11 is 1.48. The van der Waals surface area contributed by atoms with Gasteiger partial charge in [-0.3, -0.25) is 14.5 Å². The molecule has 7 heteroatoms. The summed E-state index contributed by atoms with van der Waals surface area (Å²) in [6.07, 6.45) is 0. The highest BCUT2D eigenvalue weighted by Gasteiger charge is 2.22. The fourth-order valence-electron chi connectivity index (χ4n) is 2.99. The van der Waals surface area contributed by atoms with Gasteiger partial charge in [0.15, 0.2) is 6.61 Å². The molecule has 0 radical (unpaired) electrons. The second kappa shape index (κ2) is 9.53. The summed E-state index contributed by atoms with van der Waals surface area (Å²) in [6.45, 7) is 6.46. The van der Waals surface area contributed by atoms with Gasteiger partial charge in [-0.15, -0.1) is 11.3 Å². The van der Waals surface area contributed by atoms with E-state index in [0.29, 0.717) is 12.3 Å². The third-order valence-electron chi connectivity index (χ3n) is 4.50. The minimum Gasteiger partial charge on any atom is -0.484 e. The number of piperazine rings is 1. The predicted molar refractivity (Wildman–Crippen MR) is 106 cm³/mol. The quantitative estimate of drug-likeness (QED) is 0.790. The van der Waals surface area contributed by atoms with E-state index >= 15 is 0 Å². The van der Waals surface area contributed by atoms with Crippen molar-refractivity contribution in [1.29, 1.82) is 0 Å². The molecule has 1 saturated heterocycles. The minimum atomic E-state index is -0.122. The van der Waals surface area contributed by atoms with Crippen molar-refractivity contribution in [2.24, 2.45) is 0 Å². The fourth-order valence-corrected chi connectivity index (χ4v) is 3.68. The largest absolute Gasteiger partial charge is 0.484 e. The average molecular weight is 388 g/mol. The summed E-state index contributed by atoms with van der Waals surface area (Å²) in [5, 5.41) is 4.81. The first kappa shape index (κ1) is 19.4. The molecule has 1 aromatic carbocycles. The Balaban J connectivity index is 1.31. The topological polar surface area (TPSA) is 61.9 Å². The van der Waals surface area contributed by atoms with Crippen LogP contribution in [0.3, 0.4) is 0 Å². The van der Waals surface area contributed by atoms with E-state index < -0.39 is 0 Å². The van der Waals surface area contributed by atoms with Crippen molar-refractivity contribution in [3.05, 3.63) is 52.2 Å². The lowest BCUT2D eigenvalue weighted by Crippen LogP contribution is -2.50. The number of hydrogen-bond donors (Lipinski definition) is 1. The molecule has 0 unspecified atom stereocenters. The van der Waals surface area contributed by atoms with Crippen LogP contribution in [0.2, 0.25) is 0 Å². The number of nitrogens with zero attached hydrogens (tertiary/aromatic N) is 2. The third kappa shape index (κ3) is 5.80. The molecule has 2 aromatic rings. The van der Waals surface area contributed by atoms with Crippen LogP contribution in [0.15, 0.2) is 41.8 Å². The summed E-state index contributed by atoms with van der Waals surface area (Å²) in [5.74, 6) is 0.700. The Hall–Kier alpha value is -2.38. The Labute approximate surface area is 163 Å². The smallest absolute Gasteiger partial charge is 0.264 e. The molecule has 0 saturated carbocycles. The van der Waals surface area contributed by atoms with Gasteiger partial charge >= 0.3 is 0 Å². The van der Waals surface area contributed by atoms with Gasteiger partial charge in [0.25, 0.3) is 11.8 Å². The first-order chi connectivity index (χ1) is 13.1. The molecule has 0 aliphatic carbocycles. The standard InChI is InChI=1S/C20H25N3O3S/c1-16-4-2-5-17(14-16)26-15-19(24)21-7-8-22-9-11-23(12-10-22)20(25)18-6-3-13-27-18/h2-6,13-14H,7-12,15H2,1H3,(H,21,24). The van der Waals surface area contributed by atoms with Gasteiger partial charge in [0.2, 0.25) is 0 Å². The molecule has 0 bridgehead atoms. The van der Waals surface area contributed by atoms with E-state index in [2.05, 4.69) is 10.2 Å². The van der Waals surface area contributed by atoms with Crippen LogP contribution in [0.25, 0.3) is 0 Å². The van der Waals surface area contributed by atoms with Crippen molar-refractivity contribution in [3.8, 4) is 5.75 Å². The zero-order valence-corrected chi connectivity index (χ0v) is 16.3. The molecule has 144 valence electrons. The molecular weight excluding hydrogens is 362 g/mol. The molecule has 2 heterocycles. The molecule has 27 heavy (non-hydrogen) atoms. The SMILES string of the molecule is Cc1cccc(OCC(=O)NCCN2CCN(C(=O)c3cccs3)CC2)c1. The van der Waals surface area contributed by atoms with E-state index in [0.717, 1.165) is 43.2 Å². The van der Waals surface area contributed by atoms with Gasteiger partial charge < -0.3 is 15.0 Å². The molecule has 1 aliphatic heterocycles. The Bertz CT molecular complexity index is 756. The van der Waals surface area contributed by atoms with Crippen molar-refractivity contribution in [1.82, 2.24) is 15.1 Å². The number of aryl methyl sites for hydroxylation is 1. The molecule has 0 atom stereocenters. The van der Waals surface area contributed by atoms with Crippen LogP contribution in [0, 0.1) is 6.92 Å². The van der Waals surface area contributed by atoms with E-state index in [9.17, 15) is 9.59 Å². The second-order valence-corrected chi connectivity index (χ2v) is 7.51. The number of amides is 2. The van der Waals surface area contributed by atoms with Crippen molar-refractivity contribution in [2.75, 3.05) is 45.9 Å². The van der Waals surface area contributed by atoms with Gasteiger partial charge in [-0.05, 0) is 36.1 Å².